The normalized spacial score (nSPS) is 14.2. The number of fused-ring (bicyclic) bond motifs is 1. The first-order valence-corrected chi connectivity index (χ1v) is 7.33. The molecule has 1 nitrogen and oxygen atoms in total. The Morgan fingerprint density at radius 1 is 0.857 bits per heavy atom. The van der Waals surface area contributed by atoms with Gasteiger partial charge in [-0.3, -0.25) is 0 Å². The van der Waals surface area contributed by atoms with Gasteiger partial charge in [0.25, 0.3) is 0 Å². The lowest BCUT2D eigenvalue weighted by Gasteiger charge is -2.15. The molecule has 1 heteroatoms. The van der Waals surface area contributed by atoms with Crippen molar-refractivity contribution in [2.45, 2.75) is 20.8 Å². The predicted octanol–water partition coefficient (Wildman–Crippen LogP) is 5.40. The molecule has 1 aliphatic heterocycles. The van der Waals surface area contributed by atoms with Crippen LogP contribution in [0.5, 0.6) is 5.75 Å². The molecule has 0 unspecified atom stereocenters. The van der Waals surface area contributed by atoms with E-state index >= 15 is 0 Å². The third-order valence-electron chi connectivity index (χ3n) is 3.88. The van der Waals surface area contributed by atoms with Crippen LogP contribution in [0.3, 0.4) is 0 Å². The topological polar surface area (TPSA) is 9.23 Å². The minimum Gasteiger partial charge on any atom is -0.489 e. The van der Waals surface area contributed by atoms with Gasteiger partial charge in [-0.25, -0.2) is 0 Å². The van der Waals surface area contributed by atoms with E-state index < -0.39 is 0 Å². The molecule has 0 saturated heterocycles. The molecule has 0 aromatic heterocycles. The Morgan fingerprint density at radius 2 is 1.57 bits per heavy atom. The van der Waals surface area contributed by atoms with E-state index in [1.165, 1.54) is 33.4 Å². The van der Waals surface area contributed by atoms with Gasteiger partial charge in [-0.1, -0.05) is 47.5 Å². The summed E-state index contributed by atoms with van der Waals surface area (Å²) in [7, 11) is 0. The Balaban J connectivity index is 2.08. The summed E-state index contributed by atoms with van der Waals surface area (Å²) in [5, 5.41) is 0. The van der Waals surface area contributed by atoms with E-state index in [-0.39, 0.29) is 0 Å². The highest BCUT2D eigenvalue weighted by molar-refractivity contribution is 5.77. The van der Waals surface area contributed by atoms with E-state index in [0.717, 1.165) is 5.75 Å². The zero-order valence-corrected chi connectivity index (χ0v) is 12.8. The van der Waals surface area contributed by atoms with Crippen LogP contribution in [-0.2, 0) is 0 Å². The molecule has 1 heterocycles. The zero-order valence-electron chi connectivity index (χ0n) is 12.8. The Morgan fingerprint density at radius 3 is 2.33 bits per heavy atom. The number of hydrogen-bond donors (Lipinski definition) is 0. The zero-order chi connectivity index (χ0) is 14.8. The maximum Gasteiger partial charge on any atom is 0.127 e. The van der Waals surface area contributed by atoms with Gasteiger partial charge in [-0.05, 0) is 55.7 Å². The average molecular weight is 276 g/mol. The largest absolute Gasteiger partial charge is 0.489 e. The molecular weight excluding hydrogens is 256 g/mol. The summed E-state index contributed by atoms with van der Waals surface area (Å²) >= 11 is 0. The van der Waals surface area contributed by atoms with Crippen molar-refractivity contribution in [1.29, 1.82) is 0 Å². The van der Waals surface area contributed by atoms with E-state index in [1.54, 1.807) is 0 Å². The standard InChI is InChI=1S/C20H20O/c1-14-4-6-17(7-5-14)18-8-9-20-19(13-18)16(3)12-15(2)10-11-21-20/h4-10,12-13H,11H2,1-3H3. The summed E-state index contributed by atoms with van der Waals surface area (Å²) in [5.41, 5.74) is 7.43. The molecule has 2 aromatic rings. The maximum atomic E-state index is 5.86. The van der Waals surface area contributed by atoms with Crippen molar-refractivity contribution in [3.8, 4) is 16.9 Å². The number of allylic oxidation sites excluding steroid dienone is 3. The van der Waals surface area contributed by atoms with E-state index in [4.69, 9.17) is 4.74 Å². The van der Waals surface area contributed by atoms with Crippen molar-refractivity contribution in [3.63, 3.8) is 0 Å². The number of hydrogen-bond acceptors (Lipinski definition) is 1. The molecule has 0 saturated carbocycles. The van der Waals surface area contributed by atoms with E-state index in [1.807, 2.05) is 0 Å². The van der Waals surface area contributed by atoms with Crippen LogP contribution in [0.15, 0.2) is 60.2 Å². The second-order valence-corrected chi connectivity index (χ2v) is 5.66. The van der Waals surface area contributed by atoms with Crippen molar-refractivity contribution in [3.05, 3.63) is 71.3 Å². The molecule has 0 aliphatic carbocycles. The van der Waals surface area contributed by atoms with Gasteiger partial charge in [0.1, 0.15) is 12.4 Å². The fraction of sp³-hybridized carbons (Fsp3) is 0.200. The van der Waals surface area contributed by atoms with Crippen molar-refractivity contribution in [2.75, 3.05) is 6.61 Å². The molecule has 0 radical (unpaired) electrons. The van der Waals surface area contributed by atoms with Gasteiger partial charge in [-0.15, -0.1) is 0 Å². The quantitative estimate of drug-likeness (QED) is 0.677. The van der Waals surface area contributed by atoms with Crippen LogP contribution in [0.2, 0.25) is 0 Å². The Labute approximate surface area is 126 Å². The molecule has 0 bridgehead atoms. The predicted molar refractivity (Wildman–Crippen MR) is 89.5 cm³/mol. The fourth-order valence-corrected chi connectivity index (χ4v) is 2.63. The van der Waals surface area contributed by atoms with Gasteiger partial charge in [0.15, 0.2) is 0 Å². The summed E-state index contributed by atoms with van der Waals surface area (Å²) in [5.74, 6) is 0.961. The van der Waals surface area contributed by atoms with E-state index in [0.29, 0.717) is 6.61 Å². The van der Waals surface area contributed by atoms with Crippen LogP contribution >= 0.6 is 0 Å². The first kappa shape index (κ1) is 13.7. The molecule has 0 N–H and O–H groups in total. The van der Waals surface area contributed by atoms with Crippen LogP contribution in [-0.4, -0.2) is 6.61 Å². The molecule has 106 valence electrons. The number of rotatable bonds is 1. The van der Waals surface area contributed by atoms with E-state index in [2.05, 4.69) is 75.4 Å². The van der Waals surface area contributed by atoms with Crippen molar-refractivity contribution in [2.24, 2.45) is 0 Å². The molecule has 0 atom stereocenters. The Kier molecular flexibility index (Phi) is 3.66. The van der Waals surface area contributed by atoms with Crippen LogP contribution in [0.25, 0.3) is 16.7 Å². The van der Waals surface area contributed by atoms with Crippen molar-refractivity contribution < 1.29 is 4.74 Å². The smallest absolute Gasteiger partial charge is 0.127 e. The van der Waals surface area contributed by atoms with Crippen LogP contribution in [0.4, 0.5) is 0 Å². The summed E-state index contributed by atoms with van der Waals surface area (Å²) in [4.78, 5) is 0. The maximum absolute atomic E-state index is 5.86. The highest BCUT2D eigenvalue weighted by Gasteiger charge is 2.10. The second kappa shape index (κ2) is 5.61. The SMILES string of the molecule is CC1=CCOc2ccc(-c3ccc(C)cc3)cc2C(C)=C1. The summed E-state index contributed by atoms with van der Waals surface area (Å²) in [6, 6.07) is 15.1. The van der Waals surface area contributed by atoms with Gasteiger partial charge in [0.05, 0.1) is 0 Å². The highest BCUT2D eigenvalue weighted by atomic mass is 16.5. The highest BCUT2D eigenvalue weighted by Crippen LogP contribution is 2.33. The number of aryl methyl sites for hydroxylation is 1. The third kappa shape index (κ3) is 2.92. The monoisotopic (exact) mass is 276 g/mol. The Bertz CT molecular complexity index is 718. The van der Waals surface area contributed by atoms with Gasteiger partial charge in [0.2, 0.25) is 0 Å². The molecule has 0 fully saturated rings. The summed E-state index contributed by atoms with van der Waals surface area (Å²) in [6.07, 6.45) is 4.33. The van der Waals surface area contributed by atoms with Crippen molar-refractivity contribution >= 4 is 5.57 Å². The summed E-state index contributed by atoms with van der Waals surface area (Å²) < 4.78 is 5.86. The second-order valence-electron chi connectivity index (χ2n) is 5.66. The van der Waals surface area contributed by atoms with Crippen LogP contribution < -0.4 is 4.74 Å². The Hall–Kier alpha value is -2.28. The molecule has 0 spiro atoms. The molecule has 3 rings (SSSR count). The van der Waals surface area contributed by atoms with E-state index in [9.17, 15) is 0 Å². The summed E-state index contributed by atoms with van der Waals surface area (Å²) in [6.45, 7) is 7.00. The lowest BCUT2D eigenvalue weighted by Crippen LogP contribution is -2.00. The van der Waals surface area contributed by atoms with Gasteiger partial charge < -0.3 is 4.74 Å². The lowest BCUT2D eigenvalue weighted by molar-refractivity contribution is 0.360. The molecule has 1 aliphatic rings. The third-order valence-corrected chi connectivity index (χ3v) is 3.88. The fourth-order valence-electron chi connectivity index (χ4n) is 2.63. The molecule has 21 heavy (non-hydrogen) atoms. The average Bonchev–Trinajstić information content (AvgIpc) is 2.47. The van der Waals surface area contributed by atoms with Crippen LogP contribution in [0.1, 0.15) is 25.0 Å². The molecular formula is C20H20O. The van der Waals surface area contributed by atoms with Crippen LogP contribution in [0, 0.1) is 6.92 Å². The minimum absolute atomic E-state index is 0.631. The molecule has 0 amide bonds. The minimum atomic E-state index is 0.631. The van der Waals surface area contributed by atoms with Gasteiger partial charge >= 0.3 is 0 Å². The first-order chi connectivity index (χ1) is 10.1. The number of ether oxygens (including phenoxy) is 1. The lowest BCUT2D eigenvalue weighted by atomic mass is 9.97. The van der Waals surface area contributed by atoms with Crippen molar-refractivity contribution in [1.82, 2.24) is 0 Å². The first-order valence-electron chi connectivity index (χ1n) is 7.33. The number of benzene rings is 2. The van der Waals surface area contributed by atoms with Gasteiger partial charge in [-0.2, -0.15) is 0 Å². The molecule has 2 aromatic carbocycles. The van der Waals surface area contributed by atoms with Gasteiger partial charge in [0, 0.05) is 5.56 Å².